The van der Waals surface area contributed by atoms with Crippen molar-refractivity contribution in [3.63, 3.8) is 0 Å². The van der Waals surface area contributed by atoms with Gasteiger partial charge in [0, 0.05) is 79.1 Å². The molecule has 0 saturated heterocycles. The molecule has 0 radical (unpaired) electrons. The molecular weight excluding hydrogens is 1060 g/mol. The van der Waals surface area contributed by atoms with E-state index in [1.54, 1.807) is 12.1 Å². The molecule has 0 saturated carbocycles. The lowest BCUT2D eigenvalue weighted by Crippen LogP contribution is -2.38. The highest BCUT2D eigenvalue weighted by molar-refractivity contribution is 7.86. The standard InChI is InChI=1S/C52H60N4O16S4/c1-51(2)41-33-39(75(66,67)68)20-22-43(41)54(29-7-5-6-13-47(57)53-28-31-56-48(58)26-27-49(56)59)45(51)24-14-35-11-10-12-36(50(35)72-37-16-18-38(19-17-37)74(63,64)65)15-25-46-52(3,4)42-34-40(76(69,70)71)21-23-44(42)55(46)30-8-9-32-73(60,61)62/h14-27,33-34H,5-13,28-32H2,1-4H3,(H4-,53,57,60,61,62,63,64,65,66,67,68,69,70,71)/p+1. The van der Waals surface area contributed by atoms with Gasteiger partial charge in [-0.2, -0.15) is 38.2 Å². The molecule has 3 aliphatic heterocycles. The first-order chi connectivity index (χ1) is 35.5. The van der Waals surface area contributed by atoms with Crippen molar-refractivity contribution in [3.05, 3.63) is 131 Å². The first kappa shape index (κ1) is 57.6. The van der Waals surface area contributed by atoms with Crippen molar-refractivity contribution in [1.29, 1.82) is 0 Å². The molecule has 5 N–H and O–H groups in total. The van der Waals surface area contributed by atoms with Crippen molar-refractivity contribution in [1.82, 2.24) is 10.2 Å². The minimum absolute atomic E-state index is 0.0546. The number of nitrogens with one attached hydrogen (secondary N) is 1. The van der Waals surface area contributed by atoms with Crippen molar-refractivity contribution in [2.24, 2.45) is 0 Å². The second-order valence-electron chi connectivity index (χ2n) is 19.9. The lowest BCUT2D eigenvalue weighted by molar-refractivity contribution is -0.438. The molecule has 4 aliphatic rings. The molecule has 0 atom stereocenters. The van der Waals surface area contributed by atoms with Gasteiger partial charge in [0.2, 0.25) is 11.6 Å². The van der Waals surface area contributed by atoms with Gasteiger partial charge in [0.25, 0.3) is 52.3 Å². The topological polar surface area (TPSA) is 299 Å². The largest absolute Gasteiger partial charge is 0.457 e. The fraction of sp³-hybridized carbons (Fsp3) is 0.385. The first-order valence-corrected chi connectivity index (χ1v) is 30.4. The number of rotatable bonds is 22. The molecule has 0 aromatic heterocycles. The lowest BCUT2D eigenvalue weighted by atomic mass is 9.81. The number of ether oxygens (including phenoxy) is 1. The predicted octanol–water partition coefficient (Wildman–Crippen LogP) is 6.75. The molecule has 0 spiro atoms. The Balaban J connectivity index is 1.24. The maximum Gasteiger partial charge on any atom is 0.294 e. The van der Waals surface area contributed by atoms with Crippen LogP contribution >= 0.6 is 0 Å². The quantitative estimate of drug-likeness (QED) is 0.0301. The first-order valence-electron chi connectivity index (χ1n) is 24.5. The number of carbonyl (C=O) groups is 3. The van der Waals surface area contributed by atoms with Crippen molar-refractivity contribution in [2.45, 2.75) is 111 Å². The summed E-state index contributed by atoms with van der Waals surface area (Å²) < 4.78 is 144. The Labute approximate surface area is 443 Å². The van der Waals surface area contributed by atoms with Crippen LogP contribution in [0.2, 0.25) is 0 Å². The van der Waals surface area contributed by atoms with Crippen LogP contribution < -0.4 is 15.0 Å². The molecule has 0 fully saturated rings. The van der Waals surface area contributed by atoms with Gasteiger partial charge in [0.15, 0.2) is 5.71 Å². The van der Waals surface area contributed by atoms with Gasteiger partial charge in [-0.15, -0.1) is 0 Å². The number of hydrogen-bond acceptors (Lipinski definition) is 13. The molecule has 3 aromatic rings. The van der Waals surface area contributed by atoms with Crippen molar-refractivity contribution < 1.29 is 75.6 Å². The van der Waals surface area contributed by atoms with Gasteiger partial charge in [-0.1, -0.05) is 19.9 Å². The van der Waals surface area contributed by atoms with Crippen LogP contribution in [-0.2, 0) is 65.7 Å². The van der Waals surface area contributed by atoms with E-state index in [4.69, 9.17) is 4.74 Å². The summed E-state index contributed by atoms with van der Waals surface area (Å²) in [4.78, 5) is 38.4. The highest BCUT2D eigenvalue weighted by Crippen LogP contribution is 2.49. The zero-order valence-corrected chi connectivity index (χ0v) is 45.6. The molecule has 3 heterocycles. The third-order valence-electron chi connectivity index (χ3n) is 13.9. The van der Waals surface area contributed by atoms with E-state index in [0.29, 0.717) is 91.0 Å². The summed E-state index contributed by atoms with van der Waals surface area (Å²) in [7, 11) is -17.9. The van der Waals surface area contributed by atoms with Crippen LogP contribution in [0.1, 0.15) is 96.6 Å². The number of hydrogen-bond donors (Lipinski definition) is 5. The van der Waals surface area contributed by atoms with Crippen LogP contribution in [0.3, 0.4) is 0 Å². The molecule has 76 heavy (non-hydrogen) atoms. The minimum Gasteiger partial charge on any atom is -0.457 e. The van der Waals surface area contributed by atoms with Crippen LogP contribution in [0.15, 0.2) is 134 Å². The highest BCUT2D eigenvalue weighted by Gasteiger charge is 2.45. The maximum absolute atomic E-state index is 12.7. The maximum atomic E-state index is 12.7. The van der Waals surface area contributed by atoms with E-state index < -0.39 is 68.9 Å². The second kappa shape index (κ2) is 22.5. The van der Waals surface area contributed by atoms with Gasteiger partial charge >= 0.3 is 0 Å². The molecular formula is C52H61N4O16S4+. The lowest BCUT2D eigenvalue weighted by Gasteiger charge is -2.27. The number of fused-ring (bicyclic) bond motifs is 2. The summed E-state index contributed by atoms with van der Waals surface area (Å²) in [5, 5.41) is 2.75. The Morgan fingerprint density at radius 2 is 1.30 bits per heavy atom. The second-order valence-corrected chi connectivity index (χ2v) is 25.7. The molecule has 3 aromatic carbocycles. The van der Waals surface area contributed by atoms with E-state index in [0.717, 1.165) is 16.2 Å². The molecule has 24 heteroatoms. The molecule has 7 rings (SSSR count). The number of amides is 3. The van der Waals surface area contributed by atoms with Crippen molar-refractivity contribution in [2.75, 3.05) is 36.8 Å². The molecule has 20 nitrogen and oxygen atoms in total. The van der Waals surface area contributed by atoms with Crippen LogP contribution in [0.5, 0.6) is 5.75 Å². The molecule has 1 aliphatic carbocycles. The fourth-order valence-corrected chi connectivity index (χ4v) is 12.0. The van der Waals surface area contributed by atoms with Gasteiger partial charge in [-0.25, -0.2) is 0 Å². The summed E-state index contributed by atoms with van der Waals surface area (Å²) in [6.45, 7) is 8.52. The Morgan fingerprint density at radius 3 is 1.93 bits per heavy atom. The van der Waals surface area contributed by atoms with Gasteiger partial charge in [-0.3, -0.25) is 37.5 Å². The fourth-order valence-electron chi connectivity index (χ4n) is 9.95. The van der Waals surface area contributed by atoms with E-state index in [1.165, 1.54) is 60.7 Å². The van der Waals surface area contributed by atoms with E-state index in [-0.39, 0.29) is 58.8 Å². The third kappa shape index (κ3) is 13.3. The molecule has 408 valence electrons. The van der Waals surface area contributed by atoms with Crippen LogP contribution in [0.25, 0.3) is 0 Å². The molecule has 0 unspecified atom stereocenters. The van der Waals surface area contributed by atoms with E-state index in [9.17, 15) is 66.3 Å². The summed E-state index contributed by atoms with van der Waals surface area (Å²) in [6, 6.07) is 13.9. The van der Waals surface area contributed by atoms with Crippen LogP contribution in [0.4, 0.5) is 11.4 Å². The van der Waals surface area contributed by atoms with E-state index in [1.807, 2.05) is 56.9 Å². The van der Waals surface area contributed by atoms with Gasteiger partial charge in [0.1, 0.15) is 18.1 Å². The predicted molar refractivity (Wildman–Crippen MR) is 282 cm³/mol. The molecule has 0 bridgehead atoms. The summed E-state index contributed by atoms with van der Waals surface area (Å²) in [6.07, 6.45) is 14.0. The summed E-state index contributed by atoms with van der Waals surface area (Å²) in [5.41, 5.74) is 3.76. The Kier molecular flexibility index (Phi) is 17.0. The number of nitrogens with zero attached hydrogens (tertiary/aromatic N) is 3. The van der Waals surface area contributed by atoms with Crippen molar-refractivity contribution in [3.8, 4) is 5.75 Å². The minimum atomic E-state index is -4.58. The number of anilines is 1. The normalized spacial score (nSPS) is 18.7. The number of benzene rings is 3. The smallest absolute Gasteiger partial charge is 0.294 e. The number of carbonyl (C=O) groups excluding carboxylic acids is 3. The van der Waals surface area contributed by atoms with Gasteiger partial charge < -0.3 is 15.0 Å². The number of unbranched alkanes of at least 4 members (excludes halogenated alkanes) is 3. The van der Waals surface area contributed by atoms with Gasteiger partial charge in [-0.05, 0) is 142 Å². The van der Waals surface area contributed by atoms with E-state index >= 15 is 0 Å². The summed E-state index contributed by atoms with van der Waals surface area (Å²) in [5.74, 6) is -0.902. The highest BCUT2D eigenvalue weighted by atomic mass is 32.2. The van der Waals surface area contributed by atoms with E-state index in [2.05, 4.69) is 9.89 Å². The van der Waals surface area contributed by atoms with Crippen LogP contribution in [-0.4, -0.2) is 117 Å². The Bertz CT molecular complexity index is 3480. The number of imide groups is 1. The summed E-state index contributed by atoms with van der Waals surface area (Å²) >= 11 is 0. The zero-order chi connectivity index (χ0) is 55.6. The Morgan fingerprint density at radius 1 is 0.684 bits per heavy atom. The average molecular weight is 1130 g/mol. The zero-order valence-electron chi connectivity index (χ0n) is 42.3. The van der Waals surface area contributed by atoms with Crippen molar-refractivity contribution >= 4 is 75.3 Å². The Hall–Kier alpha value is -6.12. The number of allylic oxidation sites excluding steroid dienone is 7. The third-order valence-corrected chi connectivity index (χ3v) is 17.3. The average Bonchev–Trinajstić information content (AvgIpc) is 3.85. The van der Waals surface area contributed by atoms with Gasteiger partial charge in [0.05, 0.1) is 25.9 Å². The monoisotopic (exact) mass is 1130 g/mol. The van der Waals surface area contributed by atoms with Crippen LogP contribution in [0, 0.1) is 0 Å². The molecule has 3 amide bonds. The SMILES string of the molecule is CC1(C)C(/C=C/C2=C(Oc3ccc(S(=O)(=O)O)cc3)C(=C/C=C3/N(CCCCS(=O)(=O)O)c4ccc(S(=O)(=O)O)cc4C3(C)C)/CCC2)=[N+](CCCCCC(=O)NCCN2C(=O)C=CC2=O)c2ccc(S(=O)(=O)O)cc21.